The molecule has 1 aliphatic rings. The lowest BCUT2D eigenvalue weighted by Gasteiger charge is -2.22. The van der Waals surface area contributed by atoms with Crippen LogP contribution in [0.25, 0.3) is 11.3 Å². The minimum atomic E-state index is 0.505. The summed E-state index contributed by atoms with van der Waals surface area (Å²) in [4.78, 5) is 0. The van der Waals surface area contributed by atoms with E-state index in [1.165, 1.54) is 67.3 Å². The van der Waals surface area contributed by atoms with Crippen LogP contribution < -0.4 is 4.57 Å². The zero-order valence-corrected chi connectivity index (χ0v) is 15.7. The third-order valence-electron chi connectivity index (χ3n) is 5.44. The van der Waals surface area contributed by atoms with E-state index in [-0.39, 0.29) is 0 Å². The molecule has 0 amide bonds. The fourth-order valence-electron chi connectivity index (χ4n) is 4.08. The minimum absolute atomic E-state index is 0.505. The van der Waals surface area contributed by atoms with Crippen molar-refractivity contribution in [2.24, 2.45) is 0 Å². The number of allylic oxidation sites excluding steroid dienone is 1. The molecule has 2 aromatic rings. The van der Waals surface area contributed by atoms with Crippen molar-refractivity contribution < 1.29 is 4.57 Å². The predicted octanol–water partition coefficient (Wildman–Crippen LogP) is 6.22. The van der Waals surface area contributed by atoms with Gasteiger partial charge in [0.15, 0.2) is 12.2 Å². The molecular weight excluding hydrogens is 302 g/mol. The van der Waals surface area contributed by atoms with E-state index in [2.05, 4.69) is 66.7 Å². The summed E-state index contributed by atoms with van der Waals surface area (Å²) < 4.78 is 2.43. The van der Waals surface area contributed by atoms with Gasteiger partial charge in [-0.2, -0.15) is 4.57 Å². The molecule has 0 fully saturated rings. The number of aromatic nitrogens is 1. The first-order valence-corrected chi connectivity index (χ1v) is 10.1. The molecule has 1 aliphatic heterocycles. The Morgan fingerprint density at radius 3 is 2.76 bits per heavy atom. The van der Waals surface area contributed by atoms with Crippen molar-refractivity contribution >= 4 is 0 Å². The second kappa shape index (κ2) is 8.99. The highest BCUT2D eigenvalue weighted by atomic mass is 15.0. The number of benzene rings is 1. The first-order valence-electron chi connectivity index (χ1n) is 10.1. The largest absolute Gasteiger partial charge is 0.213 e. The third-order valence-corrected chi connectivity index (χ3v) is 5.44. The zero-order chi connectivity index (χ0) is 17.5. The Bertz CT molecular complexity index is 701. The zero-order valence-electron chi connectivity index (χ0n) is 15.7. The van der Waals surface area contributed by atoms with Gasteiger partial charge in [0.25, 0.3) is 0 Å². The Morgan fingerprint density at radius 2 is 1.92 bits per heavy atom. The summed E-state index contributed by atoms with van der Waals surface area (Å²) in [5.74, 6) is 0. The monoisotopic (exact) mass is 334 g/mol. The van der Waals surface area contributed by atoms with Gasteiger partial charge in [-0.05, 0) is 36.1 Å². The highest BCUT2D eigenvalue weighted by molar-refractivity contribution is 5.63. The smallest absolute Gasteiger partial charge is 0.195 e. The topological polar surface area (TPSA) is 3.88 Å². The summed E-state index contributed by atoms with van der Waals surface area (Å²) in [5, 5.41) is 0. The molecule has 1 atom stereocenters. The Kier molecular flexibility index (Phi) is 6.44. The SMILES string of the molecule is C=CCC1Cc2cc(CCCCCCCC)ccc2-c2cccc[n+]21. The number of rotatable bonds is 9. The number of fused-ring (bicyclic) bond motifs is 3. The predicted molar refractivity (Wildman–Crippen MR) is 107 cm³/mol. The van der Waals surface area contributed by atoms with Gasteiger partial charge < -0.3 is 0 Å². The molecular formula is C24H32N+. The normalized spacial score (nSPS) is 15.5. The van der Waals surface area contributed by atoms with Gasteiger partial charge in [0.05, 0.1) is 0 Å². The summed E-state index contributed by atoms with van der Waals surface area (Å²) in [6, 6.07) is 14.2. The number of hydrogen-bond donors (Lipinski definition) is 0. The maximum absolute atomic E-state index is 3.96. The van der Waals surface area contributed by atoms with Gasteiger partial charge >= 0.3 is 0 Å². The van der Waals surface area contributed by atoms with Crippen LogP contribution in [-0.2, 0) is 12.8 Å². The molecule has 1 unspecified atom stereocenters. The lowest BCUT2D eigenvalue weighted by molar-refractivity contribution is -0.713. The van der Waals surface area contributed by atoms with Crippen LogP contribution >= 0.6 is 0 Å². The van der Waals surface area contributed by atoms with E-state index in [0.717, 1.165) is 12.8 Å². The van der Waals surface area contributed by atoms with Crippen LogP contribution in [0.1, 0.15) is 69.0 Å². The van der Waals surface area contributed by atoms with Crippen molar-refractivity contribution in [2.45, 2.75) is 70.8 Å². The fraction of sp³-hybridized carbons (Fsp3) is 0.458. The Hall–Kier alpha value is -1.89. The molecule has 3 rings (SSSR count). The maximum Gasteiger partial charge on any atom is 0.213 e. The van der Waals surface area contributed by atoms with E-state index in [1.54, 1.807) is 0 Å². The molecule has 132 valence electrons. The molecule has 0 N–H and O–H groups in total. The van der Waals surface area contributed by atoms with E-state index in [4.69, 9.17) is 0 Å². The quantitative estimate of drug-likeness (QED) is 0.291. The highest BCUT2D eigenvalue weighted by Crippen LogP contribution is 2.31. The molecule has 1 heteroatoms. The molecule has 0 bridgehead atoms. The third kappa shape index (κ3) is 4.39. The van der Waals surface area contributed by atoms with Crippen LogP contribution in [0, 0.1) is 0 Å². The van der Waals surface area contributed by atoms with E-state index in [0.29, 0.717) is 6.04 Å². The molecule has 25 heavy (non-hydrogen) atoms. The molecule has 0 radical (unpaired) electrons. The van der Waals surface area contributed by atoms with Gasteiger partial charge in [0.2, 0.25) is 5.69 Å². The van der Waals surface area contributed by atoms with Crippen LogP contribution in [0.5, 0.6) is 0 Å². The maximum atomic E-state index is 3.96. The van der Waals surface area contributed by atoms with Gasteiger partial charge in [0.1, 0.15) is 0 Å². The average molecular weight is 335 g/mol. The fourth-order valence-corrected chi connectivity index (χ4v) is 4.08. The second-order valence-electron chi connectivity index (χ2n) is 7.38. The number of unbranched alkanes of at least 4 members (excludes halogenated alkanes) is 5. The molecule has 1 aromatic carbocycles. The number of nitrogens with zero attached hydrogens (tertiary/aromatic N) is 1. The Morgan fingerprint density at radius 1 is 1.08 bits per heavy atom. The van der Waals surface area contributed by atoms with Gasteiger partial charge in [-0.25, -0.2) is 0 Å². The molecule has 1 aromatic heterocycles. The van der Waals surface area contributed by atoms with Crippen molar-refractivity contribution in [3.63, 3.8) is 0 Å². The molecule has 2 heterocycles. The Balaban J connectivity index is 1.70. The molecule has 0 saturated carbocycles. The number of pyridine rings is 1. The first-order chi connectivity index (χ1) is 12.3. The van der Waals surface area contributed by atoms with Crippen molar-refractivity contribution in [3.8, 4) is 11.3 Å². The van der Waals surface area contributed by atoms with Crippen molar-refractivity contribution in [1.82, 2.24) is 0 Å². The summed E-state index contributed by atoms with van der Waals surface area (Å²) in [5.41, 5.74) is 5.78. The highest BCUT2D eigenvalue weighted by Gasteiger charge is 2.30. The van der Waals surface area contributed by atoms with E-state index in [1.807, 2.05) is 0 Å². The van der Waals surface area contributed by atoms with Crippen LogP contribution in [0.3, 0.4) is 0 Å². The molecule has 0 saturated heterocycles. The van der Waals surface area contributed by atoms with Crippen LogP contribution in [0.15, 0.2) is 55.3 Å². The van der Waals surface area contributed by atoms with Crippen LogP contribution in [0.2, 0.25) is 0 Å². The molecule has 1 nitrogen and oxygen atoms in total. The standard InChI is InChI=1S/C24H32N/c1-3-5-6-7-8-9-13-20-15-16-23-21(18-20)19-22(12-4-2)25-17-11-10-14-24(23)25/h4,10-11,14-18,22H,2-3,5-9,12-13,19H2,1H3/q+1. The summed E-state index contributed by atoms with van der Waals surface area (Å²) >= 11 is 0. The summed E-state index contributed by atoms with van der Waals surface area (Å²) in [6.07, 6.45) is 15.9. The second-order valence-corrected chi connectivity index (χ2v) is 7.38. The van der Waals surface area contributed by atoms with Crippen molar-refractivity contribution in [1.29, 1.82) is 0 Å². The first kappa shape index (κ1) is 17.9. The summed E-state index contributed by atoms with van der Waals surface area (Å²) in [6.45, 7) is 6.24. The van der Waals surface area contributed by atoms with Crippen molar-refractivity contribution in [3.05, 3.63) is 66.4 Å². The Labute approximate surface area is 153 Å². The number of aryl methyl sites for hydroxylation is 1. The van der Waals surface area contributed by atoms with Gasteiger partial charge in [-0.1, -0.05) is 57.2 Å². The lowest BCUT2D eigenvalue weighted by Crippen LogP contribution is -2.44. The van der Waals surface area contributed by atoms with Gasteiger partial charge in [0, 0.05) is 30.5 Å². The van der Waals surface area contributed by atoms with Crippen LogP contribution in [-0.4, -0.2) is 0 Å². The minimum Gasteiger partial charge on any atom is -0.195 e. The van der Waals surface area contributed by atoms with E-state index >= 15 is 0 Å². The van der Waals surface area contributed by atoms with Gasteiger partial charge in [-0.15, -0.1) is 6.58 Å². The molecule has 0 aliphatic carbocycles. The van der Waals surface area contributed by atoms with Gasteiger partial charge in [-0.3, -0.25) is 0 Å². The average Bonchev–Trinajstić information content (AvgIpc) is 2.65. The summed E-state index contributed by atoms with van der Waals surface area (Å²) in [7, 11) is 0. The number of hydrogen-bond acceptors (Lipinski definition) is 0. The van der Waals surface area contributed by atoms with Crippen LogP contribution in [0.4, 0.5) is 0 Å². The van der Waals surface area contributed by atoms with E-state index < -0.39 is 0 Å². The van der Waals surface area contributed by atoms with Crippen molar-refractivity contribution in [2.75, 3.05) is 0 Å². The lowest BCUT2D eigenvalue weighted by atomic mass is 9.89. The molecule has 0 spiro atoms. The van der Waals surface area contributed by atoms with E-state index in [9.17, 15) is 0 Å².